The summed E-state index contributed by atoms with van der Waals surface area (Å²) in [6.45, 7) is -0.111. The standard InChI is InChI=1S/C58H38BN3O2/c1-6-19-39(20-7-1)60(40-21-8-2-9-22-40)44-35-52-58-56(36-44)64-55-37-47-45-33-34-50(61(41-23-10-3-11-24-41)42-25-12-4-13-26-42)46-29-18-32-53(57(45)46)63-54(47)38-49(55)59(58)48-30-16-17-31-51(48)62(52)43-27-14-5-15-28-43/h1-38H. The van der Waals surface area contributed by atoms with Crippen molar-refractivity contribution in [1.82, 2.24) is 0 Å². The van der Waals surface area contributed by atoms with E-state index >= 15 is 0 Å². The fraction of sp³-hybridized carbons (Fsp3) is 0. The lowest BCUT2D eigenvalue weighted by atomic mass is 9.34. The quantitative estimate of drug-likeness (QED) is 0.149. The summed E-state index contributed by atoms with van der Waals surface area (Å²) >= 11 is 0. The highest BCUT2D eigenvalue weighted by atomic mass is 16.5. The molecule has 0 unspecified atom stereocenters. The van der Waals surface area contributed by atoms with Crippen LogP contribution < -0.4 is 40.6 Å². The van der Waals surface area contributed by atoms with E-state index in [4.69, 9.17) is 9.47 Å². The fourth-order valence-electron chi connectivity index (χ4n) is 10.2. The summed E-state index contributed by atoms with van der Waals surface area (Å²) in [6, 6.07) is 81.7. The van der Waals surface area contributed by atoms with Crippen LogP contribution in [0.15, 0.2) is 231 Å². The van der Waals surface area contributed by atoms with Crippen LogP contribution in [0.1, 0.15) is 0 Å². The lowest BCUT2D eigenvalue weighted by molar-refractivity contribution is 0.475. The van der Waals surface area contributed by atoms with Crippen LogP contribution in [0.5, 0.6) is 23.0 Å². The maximum atomic E-state index is 7.30. The van der Waals surface area contributed by atoms with Crippen molar-refractivity contribution in [2.75, 3.05) is 14.7 Å². The largest absolute Gasteiger partial charge is 0.458 e. The fourth-order valence-corrected chi connectivity index (χ4v) is 10.2. The number of rotatable bonds is 7. The highest BCUT2D eigenvalue weighted by Gasteiger charge is 2.43. The second-order valence-electron chi connectivity index (χ2n) is 16.5. The molecule has 0 aromatic heterocycles. The van der Waals surface area contributed by atoms with Gasteiger partial charge in [0, 0.05) is 62.2 Å². The van der Waals surface area contributed by atoms with Crippen molar-refractivity contribution in [3.8, 4) is 34.1 Å². The summed E-state index contributed by atoms with van der Waals surface area (Å²) in [5.74, 6) is 3.31. The van der Waals surface area contributed by atoms with E-state index in [0.717, 1.165) is 107 Å². The molecule has 0 bridgehead atoms. The van der Waals surface area contributed by atoms with Gasteiger partial charge in [-0.05, 0) is 119 Å². The Balaban J connectivity index is 1.02. The van der Waals surface area contributed by atoms with Crippen LogP contribution in [0.3, 0.4) is 0 Å². The summed E-state index contributed by atoms with van der Waals surface area (Å²) in [5.41, 5.74) is 15.2. The predicted octanol–water partition coefficient (Wildman–Crippen LogP) is 14.0. The number of fused-ring (bicyclic) bond motifs is 6. The number of para-hydroxylation sites is 6. The van der Waals surface area contributed by atoms with Crippen molar-refractivity contribution >= 4 is 85.1 Å². The minimum atomic E-state index is -0.111. The monoisotopic (exact) mass is 819 g/mol. The van der Waals surface area contributed by atoms with Gasteiger partial charge in [0.15, 0.2) is 0 Å². The third kappa shape index (κ3) is 5.66. The number of hydrogen-bond acceptors (Lipinski definition) is 5. The van der Waals surface area contributed by atoms with Crippen molar-refractivity contribution in [2.24, 2.45) is 0 Å². The third-order valence-electron chi connectivity index (χ3n) is 12.8. The molecular formula is C58H38BN3O2. The van der Waals surface area contributed by atoms with Gasteiger partial charge in [0.2, 0.25) is 0 Å². The third-order valence-corrected chi connectivity index (χ3v) is 12.8. The first kappa shape index (κ1) is 36.2. The van der Waals surface area contributed by atoms with Gasteiger partial charge in [-0.3, -0.25) is 0 Å². The molecule has 0 saturated carbocycles. The maximum Gasteiger partial charge on any atom is 0.256 e. The molecule has 3 aliphatic rings. The number of ether oxygens (including phenoxy) is 2. The Hall–Kier alpha value is -8.48. The SMILES string of the molecule is c1ccc(N(c2ccccc2)c2cc3c4c(c2)N(c2ccccc2)c2ccccc2B4c2cc4c(cc2O3)-c2ccc(N(c3ccccc3)c3ccccc3)c3cccc(c23)O4)cc1. The van der Waals surface area contributed by atoms with Gasteiger partial charge in [-0.1, -0.05) is 127 Å². The Bertz CT molecular complexity index is 3330. The molecule has 6 heteroatoms. The van der Waals surface area contributed by atoms with Crippen molar-refractivity contribution in [3.63, 3.8) is 0 Å². The van der Waals surface area contributed by atoms with E-state index in [9.17, 15) is 0 Å². The van der Waals surface area contributed by atoms with Crippen LogP contribution in [0.25, 0.3) is 21.9 Å². The second-order valence-corrected chi connectivity index (χ2v) is 16.5. The van der Waals surface area contributed by atoms with Gasteiger partial charge in [-0.25, -0.2) is 0 Å². The van der Waals surface area contributed by atoms with E-state index in [2.05, 4.69) is 245 Å². The lowest BCUT2D eigenvalue weighted by Crippen LogP contribution is -2.59. The van der Waals surface area contributed by atoms with Crippen LogP contribution in [-0.2, 0) is 0 Å². The summed E-state index contributed by atoms with van der Waals surface area (Å²) in [6.07, 6.45) is 0. The first-order valence-corrected chi connectivity index (χ1v) is 21.8. The van der Waals surface area contributed by atoms with Gasteiger partial charge in [0.05, 0.1) is 11.4 Å². The molecule has 0 aliphatic carbocycles. The summed E-state index contributed by atoms with van der Waals surface area (Å²) in [5, 5.41) is 2.18. The average Bonchev–Trinajstić information content (AvgIpc) is 3.36. The normalized spacial score (nSPS) is 12.6. The van der Waals surface area contributed by atoms with E-state index in [-0.39, 0.29) is 6.71 Å². The molecule has 13 rings (SSSR count). The van der Waals surface area contributed by atoms with Crippen molar-refractivity contribution < 1.29 is 9.47 Å². The van der Waals surface area contributed by atoms with Crippen molar-refractivity contribution in [3.05, 3.63) is 231 Å². The van der Waals surface area contributed by atoms with Gasteiger partial charge in [0.1, 0.15) is 23.0 Å². The molecule has 5 nitrogen and oxygen atoms in total. The number of benzene rings is 10. The lowest BCUT2D eigenvalue weighted by Gasteiger charge is -2.41. The number of anilines is 9. The highest BCUT2D eigenvalue weighted by molar-refractivity contribution is 6.99. The Morgan fingerprint density at radius 2 is 0.938 bits per heavy atom. The average molecular weight is 820 g/mol. The number of hydrogen-bond donors (Lipinski definition) is 0. The molecule has 0 radical (unpaired) electrons. The Labute approximate surface area is 372 Å². The number of nitrogens with zero attached hydrogens (tertiary/aromatic N) is 3. The molecule has 300 valence electrons. The van der Waals surface area contributed by atoms with Gasteiger partial charge in [-0.2, -0.15) is 0 Å². The van der Waals surface area contributed by atoms with Crippen LogP contribution >= 0.6 is 0 Å². The van der Waals surface area contributed by atoms with Gasteiger partial charge >= 0.3 is 0 Å². The van der Waals surface area contributed by atoms with Crippen molar-refractivity contribution in [1.29, 1.82) is 0 Å². The van der Waals surface area contributed by atoms with Gasteiger partial charge in [-0.15, -0.1) is 0 Å². The van der Waals surface area contributed by atoms with E-state index in [1.807, 2.05) is 0 Å². The summed E-state index contributed by atoms with van der Waals surface area (Å²) in [7, 11) is 0. The molecular weight excluding hydrogens is 781 g/mol. The Kier molecular flexibility index (Phi) is 8.24. The van der Waals surface area contributed by atoms with Crippen LogP contribution in [0.2, 0.25) is 0 Å². The molecule has 0 N–H and O–H groups in total. The van der Waals surface area contributed by atoms with E-state index in [0.29, 0.717) is 0 Å². The molecule has 0 spiro atoms. The highest BCUT2D eigenvalue weighted by Crippen LogP contribution is 2.53. The van der Waals surface area contributed by atoms with E-state index in [1.165, 1.54) is 5.46 Å². The first-order chi connectivity index (χ1) is 31.8. The first-order valence-electron chi connectivity index (χ1n) is 21.8. The molecule has 3 aliphatic heterocycles. The van der Waals surface area contributed by atoms with Crippen molar-refractivity contribution in [2.45, 2.75) is 0 Å². The smallest absolute Gasteiger partial charge is 0.256 e. The van der Waals surface area contributed by atoms with Crippen LogP contribution in [-0.4, -0.2) is 6.71 Å². The van der Waals surface area contributed by atoms with E-state index < -0.39 is 0 Å². The molecule has 0 atom stereocenters. The van der Waals surface area contributed by atoms with Crippen LogP contribution in [0.4, 0.5) is 51.2 Å². The summed E-state index contributed by atoms with van der Waals surface area (Å²) in [4.78, 5) is 7.04. The minimum absolute atomic E-state index is 0.111. The minimum Gasteiger partial charge on any atom is -0.458 e. The van der Waals surface area contributed by atoms with Gasteiger partial charge in [0.25, 0.3) is 6.71 Å². The zero-order valence-corrected chi connectivity index (χ0v) is 34.7. The maximum absolute atomic E-state index is 7.30. The summed E-state index contributed by atoms with van der Waals surface area (Å²) < 4.78 is 14.3. The molecule has 10 aromatic rings. The topological polar surface area (TPSA) is 28.2 Å². The predicted molar refractivity (Wildman–Crippen MR) is 265 cm³/mol. The van der Waals surface area contributed by atoms with Crippen LogP contribution in [0, 0.1) is 0 Å². The molecule has 64 heavy (non-hydrogen) atoms. The Morgan fingerprint density at radius 1 is 0.359 bits per heavy atom. The van der Waals surface area contributed by atoms with E-state index in [1.54, 1.807) is 0 Å². The Morgan fingerprint density at radius 3 is 1.59 bits per heavy atom. The molecule has 0 fully saturated rings. The zero-order chi connectivity index (χ0) is 42.1. The molecule has 0 saturated heterocycles. The molecule has 3 heterocycles. The molecule has 10 aromatic carbocycles. The van der Waals surface area contributed by atoms with Gasteiger partial charge < -0.3 is 24.2 Å². The second kappa shape index (κ2) is 14.6. The molecule has 0 amide bonds. The zero-order valence-electron chi connectivity index (χ0n) is 34.7.